The number of β-amino-alcohol motifs (C(OH)–C–C–N with tert-alkyl or cyclic N) is 1. The maximum absolute atomic E-state index is 15.0. The van der Waals surface area contributed by atoms with E-state index in [1.165, 1.54) is 48.3 Å². The maximum atomic E-state index is 15.0. The normalized spacial score (nSPS) is 19.4. The Morgan fingerprint density at radius 1 is 0.918 bits per heavy atom. The van der Waals surface area contributed by atoms with Crippen LogP contribution in [0.5, 0.6) is 5.88 Å². The average Bonchev–Trinajstić information content (AvgIpc) is 2.35. The van der Waals surface area contributed by atoms with Crippen LogP contribution in [0.25, 0.3) is 31.8 Å². The van der Waals surface area contributed by atoms with Crippen LogP contribution in [0.1, 0.15) is 139 Å². The highest BCUT2D eigenvalue weighted by Crippen LogP contribution is 2.51. The highest BCUT2D eigenvalue weighted by molar-refractivity contribution is 7.22. The van der Waals surface area contributed by atoms with Crippen LogP contribution in [0.15, 0.2) is 101 Å². The highest BCUT2D eigenvalue weighted by atomic mass is 32.1. The summed E-state index contributed by atoms with van der Waals surface area (Å²) in [5.41, 5.74) is 11.1. The number of amides is 4. The summed E-state index contributed by atoms with van der Waals surface area (Å²) < 4.78 is 15.4. The number of thiazole rings is 2. The van der Waals surface area contributed by atoms with Gasteiger partial charge in [-0.15, -0.1) is 11.3 Å². The summed E-state index contributed by atoms with van der Waals surface area (Å²) in [5.74, 6) is -0.167. The van der Waals surface area contributed by atoms with Gasteiger partial charge in [-0.2, -0.15) is 5.10 Å². The van der Waals surface area contributed by atoms with Crippen molar-refractivity contribution in [2.45, 2.75) is 136 Å². The molecule has 5 aliphatic rings. The summed E-state index contributed by atoms with van der Waals surface area (Å²) in [6, 6.07) is 26.2. The Balaban J connectivity index is 0.670. The van der Waals surface area contributed by atoms with Gasteiger partial charge in [0, 0.05) is 79.6 Å². The van der Waals surface area contributed by atoms with Crippen LogP contribution in [-0.2, 0) is 29.1 Å². The molecule has 0 radical (unpaired) electrons. The van der Waals surface area contributed by atoms with E-state index < -0.39 is 18.1 Å². The fourth-order valence-electron chi connectivity index (χ4n) is 13.7. The molecule has 8 heterocycles. The summed E-state index contributed by atoms with van der Waals surface area (Å²) in [5, 5.41) is 26.7. The molecule has 8 aromatic rings. The van der Waals surface area contributed by atoms with E-state index in [0.717, 1.165) is 66.4 Å². The summed E-state index contributed by atoms with van der Waals surface area (Å²) in [4.78, 5) is 78.3. The molecule has 3 aliphatic heterocycles. The molecule has 1 spiro atoms. The monoisotopic (exact) mass is 1180 g/mol. The van der Waals surface area contributed by atoms with Crippen molar-refractivity contribution >= 4 is 67.5 Å². The van der Waals surface area contributed by atoms with Gasteiger partial charge < -0.3 is 34.4 Å². The van der Waals surface area contributed by atoms with Gasteiger partial charge in [-0.1, -0.05) is 93.0 Å². The van der Waals surface area contributed by atoms with Crippen LogP contribution >= 0.6 is 22.7 Å². The lowest BCUT2D eigenvalue weighted by molar-refractivity contribution is -0.141. The molecule has 3 aromatic carbocycles. The number of anilines is 2. The second-order valence-corrected chi connectivity index (χ2v) is 26.5. The molecular formula is C65H71N11O7S2. The second kappa shape index (κ2) is 23.2. The number of carbonyl (C=O) groups excluding carboxylic acids is 4. The van der Waals surface area contributed by atoms with E-state index in [9.17, 15) is 19.5 Å². The lowest BCUT2D eigenvalue weighted by Crippen LogP contribution is -2.66. The SMILES string of the molecule is Cc1ncsc1-c1ccc([C@H](C)NC(=O)[C@@H]2C[C@@H](O)CN2C(=O)C(c2cc(OC3CC4(C3)CN(C(=O)c3nc(N5CCc6cccc(C(=O)Nc7nc8ccccc8s7)c6C5)ccc3-c3cnn(CC5CCCCC5)c3C)C4)no2)C(C)C)cc1. The molecule has 2 saturated carbocycles. The summed E-state index contributed by atoms with van der Waals surface area (Å²) >= 11 is 3.03. The Bertz CT molecular complexity index is 3780. The molecule has 85 heavy (non-hydrogen) atoms. The number of aryl methyl sites for hydroxylation is 1. The number of fused-ring (bicyclic) bond motifs is 2. The number of rotatable bonds is 16. The molecule has 13 rings (SSSR count). The summed E-state index contributed by atoms with van der Waals surface area (Å²) in [6.45, 7) is 12.9. The number of pyridine rings is 1. The molecule has 20 heteroatoms. The van der Waals surface area contributed by atoms with Gasteiger partial charge in [0.2, 0.25) is 11.8 Å². The van der Waals surface area contributed by atoms with Gasteiger partial charge in [-0.05, 0) is 122 Å². The minimum absolute atomic E-state index is 0.0230. The van der Waals surface area contributed by atoms with E-state index in [1.54, 1.807) is 17.4 Å². The number of benzene rings is 3. The smallest absolute Gasteiger partial charge is 0.273 e. The zero-order chi connectivity index (χ0) is 58.7. The Kier molecular flexibility index (Phi) is 15.4. The number of aliphatic hydroxyl groups is 1. The van der Waals surface area contributed by atoms with Crippen LogP contribution in [-0.4, -0.2) is 113 Å². The first kappa shape index (κ1) is 56.3. The molecule has 3 N–H and O–H groups in total. The van der Waals surface area contributed by atoms with Crippen molar-refractivity contribution in [1.29, 1.82) is 0 Å². The summed E-state index contributed by atoms with van der Waals surface area (Å²) in [6.07, 6.45) is 9.26. The number of hydrogen-bond acceptors (Lipinski definition) is 15. The number of likely N-dealkylation sites (tertiary alicyclic amines) is 2. The Hall–Kier alpha value is -7.81. The topological polar surface area (TPSA) is 214 Å². The fraction of sp³-hybridized carbons (Fsp3) is 0.431. The van der Waals surface area contributed by atoms with Crippen LogP contribution in [0.3, 0.4) is 0 Å². The van der Waals surface area contributed by atoms with E-state index >= 15 is 4.79 Å². The maximum Gasteiger partial charge on any atom is 0.273 e. The van der Waals surface area contributed by atoms with Gasteiger partial charge in [0.25, 0.3) is 17.7 Å². The Morgan fingerprint density at radius 3 is 2.48 bits per heavy atom. The molecule has 4 atom stereocenters. The predicted molar refractivity (Wildman–Crippen MR) is 327 cm³/mol. The summed E-state index contributed by atoms with van der Waals surface area (Å²) in [7, 11) is 0. The average molecular weight is 1180 g/mol. The predicted octanol–water partition coefficient (Wildman–Crippen LogP) is 10.9. The lowest BCUT2D eigenvalue weighted by Gasteiger charge is -2.58. The second-order valence-electron chi connectivity index (χ2n) is 24.6. The molecular weight excluding hydrogens is 1110 g/mol. The number of nitrogens with one attached hydrogen (secondary N) is 2. The Morgan fingerprint density at radius 2 is 1.72 bits per heavy atom. The van der Waals surface area contributed by atoms with Crippen molar-refractivity contribution < 1.29 is 33.5 Å². The largest absolute Gasteiger partial charge is 0.472 e. The van der Waals surface area contributed by atoms with Crippen molar-refractivity contribution in [3.63, 3.8) is 0 Å². The zero-order valence-corrected chi connectivity index (χ0v) is 50.3. The molecule has 0 bridgehead atoms. The minimum Gasteiger partial charge on any atom is -0.472 e. The zero-order valence-electron chi connectivity index (χ0n) is 48.6. The highest BCUT2D eigenvalue weighted by Gasteiger charge is 2.55. The third-order valence-corrected chi connectivity index (χ3v) is 20.3. The van der Waals surface area contributed by atoms with Crippen LogP contribution in [0.2, 0.25) is 0 Å². The number of ether oxygens (including phenoxy) is 1. The number of para-hydroxylation sites is 1. The quantitative estimate of drug-likeness (QED) is 0.0822. The van der Waals surface area contributed by atoms with E-state index in [0.29, 0.717) is 79.3 Å². The molecule has 2 aliphatic carbocycles. The molecule has 4 amide bonds. The third-order valence-electron chi connectivity index (χ3n) is 18.3. The van der Waals surface area contributed by atoms with Crippen molar-refractivity contribution in [1.82, 2.24) is 45.0 Å². The number of carbonyl (C=O) groups is 4. The van der Waals surface area contributed by atoms with Crippen LogP contribution in [0, 0.1) is 31.1 Å². The first-order valence-corrected chi connectivity index (χ1v) is 31.6. The molecule has 1 unspecified atom stereocenters. The van der Waals surface area contributed by atoms with Crippen LogP contribution < -0.4 is 20.3 Å². The van der Waals surface area contributed by atoms with E-state index in [2.05, 4.69) is 48.3 Å². The molecule has 5 aromatic heterocycles. The van der Waals surface area contributed by atoms with Gasteiger partial charge in [0.05, 0.1) is 44.6 Å². The molecule has 4 fully saturated rings. The van der Waals surface area contributed by atoms with Gasteiger partial charge in [-0.3, -0.25) is 29.2 Å². The van der Waals surface area contributed by atoms with Gasteiger partial charge in [-0.25, -0.2) is 15.0 Å². The molecule has 2 saturated heterocycles. The fourth-order valence-corrected chi connectivity index (χ4v) is 15.3. The third kappa shape index (κ3) is 11.2. The number of nitrogens with zero attached hydrogens (tertiary/aromatic N) is 9. The Labute approximate surface area is 502 Å². The van der Waals surface area contributed by atoms with Crippen molar-refractivity contribution in [3.8, 4) is 27.4 Å². The van der Waals surface area contributed by atoms with Crippen molar-refractivity contribution in [2.24, 2.45) is 17.3 Å². The van der Waals surface area contributed by atoms with Gasteiger partial charge in [0.15, 0.2) is 10.9 Å². The molecule has 440 valence electrons. The standard InChI is InChI=1S/C65H71N11O7S2/c1-37(2)57(62(80)75-32-45(77)26-52(75)61(79)68-38(3)42-18-20-44(21-19-42)59-39(4)66-36-84-59)53-27-56(72-83-53)82-46-28-65(29-46)34-74(35-65)63(81)58-47(49-30-67-76(40(49)5)31-41-12-7-6-8-13-41)22-23-55(70-58)73-25-24-43-14-11-15-48(50(43)33-73)60(78)71-64-69-51-16-9-10-17-54(51)85-64/h9-11,14-23,27,30,36-38,41,45-46,52,57,77H,6-8,12-13,24-26,28-29,31-35H2,1-5H3,(H,68,79)(H,69,71,78)/t38-,45+,52-,57?/m0/s1. The van der Waals surface area contributed by atoms with E-state index in [1.807, 2.05) is 117 Å². The van der Waals surface area contributed by atoms with Crippen LogP contribution in [0.4, 0.5) is 10.9 Å². The first-order chi connectivity index (χ1) is 41.1. The lowest BCUT2D eigenvalue weighted by atomic mass is 9.61. The first-order valence-electron chi connectivity index (χ1n) is 29.9. The number of aromatic nitrogens is 6. The van der Waals surface area contributed by atoms with Gasteiger partial charge in [0.1, 0.15) is 29.6 Å². The minimum atomic E-state index is -0.867. The van der Waals surface area contributed by atoms with Gasteiger partial charge >= 0.3 is 0 Å². The van der Waals surface area contributed by atoms with E-state index in [-0.39, 0.29) is 66.0 Å². The van der Waals surface area contributed by atoms with Crippen molar-refractivity contribution in [3.05, 3.63) is 142 Å². The number of aliphatic hydroxyl groups excluding tert-OH is 1. The number of hydrogen-bond donors (Lipinski definition) is 3. The molecule has 18 nitrogen and oxygen atoms in total. The van der Waals surface area contributed by atoms with Crippen molar-refractivity contribution in [2.75, 3.05) is 36.4 Å². The van der Waals surface area contributed by atoms with E-state index in [4.69, 9.17) is 19.3 Å².